The molecule has 1 N–H and O–H groups in total. The van der Waals surface area contributed by atoms with Crippen molar-refractivity contribution >= 4 is 11.7 Å². The number of nitrogens with zero attached hydrogens (tertiary/aromatic N) is 1. The van der Waals surface area contributed by atoms with E-state index in [4.69, 9.17) is 9.47 Å². The van der Waals surface area contributed by atoms with E-state index >= 15 is 0 Å². The Bertz CT molecular complexity index is 692. The fourth-order valence-corrected chi connectivity index (χ4v) is 2.71. The molecule has 1 aliphatic rings. The minimum absolute atomic E-state index is 0.0732. The Morgan fingerprint density at radius 3 is 2.52 bits per heavy atom. The molecule has 0 aliphatic carbocycles. The Kier molecular flexibility index (Phi) is 4.74. The lowest BCUT2D eigenvalue weighted by molar-refractivity contribution is -0.128. The molecule has 1 aliphatic heterocycles. The van der Waals surface area contributed by atoms with E-state index in [0.717, 1.165) is 0 Å². The summed E-state index contributed by atoms with van der Waals surface area (Å²) in [7, 11) is 3.02. The van der Waals surface area contributed by atoms with Crippen LogP contribution in [0.3, 0.4) is 0 Å². The van der Waals surface area contributed by atoms with Crippen LogP contribution in [0, 0.1) is 0 Å². The molecule has 0 unspecified atom stereocenters. The molecule has 6 nitrogen and oxygen atoms in total. The van der Waals surface area contributed by atoms with Crippen LogP contribution in [0.5, 0.6) is 11.5 Å². The lowest BCUT2D eigenvalue weighted by Crippen LogP contribution is -2.31. The molecule has 122 valence electrons. The van der Waals surface area contributed by atoms with Crippen molar-refractivity contribution < 1.29 is 24.2 Å². The molecule has 1 heterocycles. The van der Waals surface area contributed by atoms with Crippen molar-refractivity contribution in [2.75, 3.05) is 20.8 Å². The smallest absolute Gasteiger partial charge is 0.290 e. The lowest BCUT2D eigenvalue weighted by atomic mass is 9.96. The van der Waals surface area contributed by atoms with Gasteiger partial charge < -0.3 is 19.5 Å². The van der Waals surface area contributed by atoms with Gasteiger partial charge in [0.05, 0.1) is 25.8 Å². The summed E-state index contributed by atoms with van der Waals surface area (Å²) in [5, 5.41) is 10.1. The summed E-state index contributed by atoms with van der Waals surface area (Å²) >= 11 is 0. The first-order valence-electron chi connectivity index (χ1n) is 7.04. The van der Waals surface area contributed by atoms with E-state index in [9.17, 15) is 14.7 Å². The Labute approximate surface area is 134 Å². The first kappa shape index (κ1) is 16.6. The predicted octanol–water partition coefficient (Wildman–Crippen LogP) is 2.17. The minimum atomic E-state index is -0.683. The number of amides is 1. The zero-order valence-corrected chi connectivity index (χ0v) is 13.3. The van der Waals surface area contributed by atoms with Crippen molar-refractivity contribution in [1.29, 1.82) is 0 Å². The van der Waals surface area contributed by atoms with Gasteiger partial charge in [-0.15, -0.1) is 6.58 Å². The highest BCUT2D eigenvalue weighted by atomic mass is 16.5. The van der Waals surface area contributed by atoms with E-state index in [2.05, 4.69) is 6.58 Å². The molecule has 0 fully saturated rings. The Balaban J connectivity index is 2.58. The van der Waals surface area contributed by atoms with Gasteiger partial charge in [0.2, 0.25) is 0 Å². The second-order valence-electron chi connectivity index (χ2n) is 5.08. The summed E-state index contributed by atoms with van der Waals surface area (Å²) in [6, 6.07) is 4.43. The number of aliphatic hydroxyl groups excluding tert-OH is 1. The van der Waals surface area contributed by atoms with Crippen molar-refractivity contribution in [3.8, 4) is 11.5 Å². The number of carbonyl (C=O) groups excluding carboxylic acids is 2. The largest absolute Gasteiger partial charge is 0.503 e. The molecule has 0 spiro atoms. The fraction of sp³-hybridized carbons (Fsp3) is 0.294. The van der Waals surface area contributed by atoms with Crippen molar-refractivity contribution in [3.05, 3.63) is 47.7 Å². The quantitative estimate of drug-likeness (QED) is 0.814. The van der Waals surface area contributed by atoms with E-state index in [1.54, 1.807) is 24.3 Å². The predicted molar refractivity (Wildman–Crippen MR) is 84.5 cm³/mol. The second-order valence-corrected chi connectivity index (χ2v) is 5.08. The van der Waals surface area contributed by atoms with Gasteiger partial charge in [0.15, 0.2) is 23.0 Å². The molecular weight excluding hydrogens is 298 g/mol. The third kappa shape index (κ3) is 2.79. The number of ketones is 1. The Morgan fingerprint density at radius 1 is 1.35 bits per heavy atom. The maximum absolute atomic E-state index is 12.2. The summed E-state index contributed by atoms with van der Waals surface area (Å²) in [6.45, 7) is 5.15. The average molecular weight is 317 g/mol. The summed E-state index contributed by atoms with van der Waals surface area (Å²) < 4.78 is 10.5. The topological polar surface area (TPSA) is 76.1 Å². The number of hydrogen-bond donors (Lipinski definition) is 1. The molecule has 0 aromatic heterocycles. The molecular formula is C17H19NO5. The van der Waals surface area contributed by atoms with Gasteiger partial charge in [-0.1, -0.05) is 12.1 Å². The monoisotopic (exact) mass is 317 g/mol. The van der Waals surface area contributed by atoms with Crippen LogP contribution in [0.2, 0.25) is 0 Å². The zero-order valence-electron chi connectivity index (χ0n) is 13.3. The standard InChI is InChI=1S/C17H19NO5/c1-5-8-18-15(14(10(2)19)16(20)17(18)21)11-6-7-12(22-3)13(9-11)23-4/h5-7,9,15,20H,1,8H2,2-4H3/t15-/m1/s1. The molecule has 23 heavy (non-hydrogen) atoms. The Hall–Kier alpha value is -2.76. The molecule has 2 rings (SSSR count). The van der Waals surface area contributed by atoms with Crippen molar-refractivity contribution in [2.24, 2.45) is 0 Å². The molecule has 0 radical (unpaired) electrons. The van der Waals surface area contributed by atoms with Crippen molar-refractivity contribution in [2.45, 2.75) is 13.0 Å². The number of methoxy groups -OCH3 is 2. The van der Waals surface area contributed by atoms with Gasteiger partial charge in [0, 0.05) is 6.54 Å². The minimum Gasteiger partial charge on any atom is -0.503 e. The van der Waals surface area contributed by atoms with E-state index in [1.807, 2.05) is 0 Å². The van der Waals surface area contributed by atoms with Crippen molar-refractivity contribution in [1.82, 2.24) is 4.90 Å². The maximum Gasteiger partial charge on any atom is 0.290 e. The number of hydrogen-bond acceptors (Lipinski definition) is 5. The highest BCUT2D eigenvalue weighted by molar-refractivity contribution is 6.08. The maximum atomic E-state index is 12.2. The molecule has 1 aromatic rings. The summed E-state index contributed by atoms with van der Waals surface area (Å²) in [5.41, 5.74) is 0.719. The van der Waals surface area contributed by atoms with Crippen LogP contribution in [0.4, 0.5) is 0 Å². The molecule has 6 heteroatoms. The van der Waals surface area contributed by atoms with Gasteiger partial charge in [-0.25, -0.2) is 0 Å². The molecule has 1 atom stereocenters. The number of benzene rings is 1. The zero-order chi connectivity index (χ0) is 17.1. The van der Waals surface area contributed by atoms with Gasteiger partial charge >= 0.3 is 0 Å². The van der Waals surface area contributed by atoms with E-state index in [0.29, 0.717) is 17.1 Å². The fourth-order valence-electron chi connectivity index (χ4n) is 2.71. The number of aliphatic hydroxyl groups is 1. The van der Waals surface area contributed by atoms with Gasteiger partial charge in [0.1, 0.15) is 0 Å². The summed E-state index contributed by atoms with van der Waals surface area (Å²) in [5.74, 6) is -0.449. The normalized spacial score (nSPS) is 17.4. The SMILES string of the molecule is C=CCN1C(=O)C(O)=C(C(C)=O)[C@H]1c1ccc(OC)c(OC)c1. The van der Waals surface area contributed by atoms with Crippen LogP contribution < -0.4 is 9.47 Å². The molecule has 1 amide bonds. The molecule has 0 saturated carbocycles. The van der Waals surface area contributed by atoms with Gasteiger partial charge in [-0.3, -0.25) is 9.59 Å². The number of rotatable bonds is 6. The van der Waals surface area contributed by atoms with Crippen molar-refractivity contribution in [3.63, 3.8) is 0 Å². The van der Waals surface area contributed by atoms with Crippen LogP contribution in [0.1, 0.15) is 18.5 Å². The van der Waals surface area contributed by atoms with Gasteiger partial charge in [-0.05, 0) is 24.6 Å². The highest BCUT2D eigenvalue weighted by Gasteiger charge is 2.41. The second kappa shape index (κ2) is 6.56. The van der Waals surface area contributed by atoms with Crippen LogP contribution >= 0.6 is 0 Å². The molecule has 0 bridgehead atoms. The molecule has 0 saturated heterocycles. The van der Waals surface area contributed by atoms with Gasteiger partial charge in [0.25, 0.3) is 5.91 Å². The van der Waals surface area contributed by atoms with Crippen LogP contribution in [0.15, 0.2) is 42.2 Å². The van der Waals surface area contributed by atoms with E-state index < -0.39 is 17.7 Å². The van der Waals surface area contributed by atoms with Gasteiger partial charge in [-0.2, -0.15) is 0 Å². The average Bonchev–Trinajstić information content (AvgIpc) is 2.79. The first-order valence-corrected chi connectivity index (χ1v) is 7.04. The Morgan fingerprint density at radius 2 is 2.00 bits per heavy atom. The number of ether oxygens (including phenoxy) is 2. The third-order valence-electron chi connectivity index (χ3n) is 3.73. The highest BCUT2D eigenvalue weighted by Crippen LogP contribution is 2.40. The summed E-state index contributed by atoms with van der Waals surface area (Å²) in [6.07, 6.45) is 1.54. The van der Waals surface area contributed by atoms with E-state index in [1.165, 1.54) is 26.0 Å². The van der Waals surface area contributed by atoms with Crippen LogP contribution in [-0.2, 0) is 9.59 Å². The number of Topliss-reactive ketones (excluding diaryl/α,β-unsaturated/α-hetero) is 1. The lowest BCUT2D eigenvalue weighted by Gasteiger charge is -2.26. The van der Waals surface area contributed by atoms with Crippen LogP contribution in [-0.4, -0.2) is 42.5 Å². The van der Waals surface area contributed by atoms with E-state index in [-0.39, 0.29) is 17.9 Å². The molecule has 1 aromatic carbocycles. The van der Waals surface area contributed by atoms with Crippen LogP contribution in [0.25, 0.3) is 0 Å². The number of carbonyl (C=O) groups is 2. The first-order chi connectivity index (χ1) is 11.0. The summed E-state index contributed by atoms with van der Waals surface area (Å²) in [4.78, 5) is 25.6. The third-order valence-corrected chi connectivity index (χ3v) is 3.73.